The average molecular weight is 444 g/mol. The van der Waals surface area contributed by atoms with Gasteiger partial charge in [0.2, 0.25) is 0 Å². The smallest absolute Gasteiger partial charge is 0.116 e. The van der Waals surface area contributed by atoms with Crippen LogP contribution in [0.2, 0.25) is 0 Å². The summed E-state index contributed by atoms with van der Waals surface area (Å²) in [6.07, 6.45) is 1.64. The first-order valence-corrected chi connectivity index (χ1v) is 11.4. The zero-order chi connectivity index (χ0) is 23.4. The van der Waals surface area contributed by atoms with Crippen LogP contribution in [0.15, 0.2) is 79.1 Å². The third kappa shape index (κ3) is 3.12. The normalized spacial score (nSPS) is 11.5. The maximum Gasteiger partial charge on any atom is 0.116 e. The summed E-state index contributed by atoms with van der Waals surface area (Å²) in [5.41, 5.74) is 8.37. The number of nitrogens with zero attached hydrogens (tertiary/aromatic N) is 5. The van der Waals surface area contributed by atoms with Crippen LogP contribution in [0.1, 0.15) is 0 Å². The summed E-state index contributed by atoms with van der Waals surface area (Å²) in [5.74, 6) is 0. The van der Waals surface area contributed by atoms with Crippen LogP contribution < -0.4 is 9.80 Å². The van der Waals surface area contributed by atoms with Gasteiger partial charge in [-0.05, 0) is 48.5 Å². The molecular formula is C29H25N5. The van der Waals surface area contributed by atoms with Crippen LogP contribution in [-0.4, -0.2) is 43.1 Å². The molecule has 0 N–H and O–H groups in total. The average Bonchev–Trinajstić information content (AvgIpc) is 2.87. The van der Waals surface area contributed by atoms with Gasteiger partial charge in [0, 0.05) is 72.2 Å². The quantitative estimate of drug-likeness (QED) is 0.302. The molecule has 34 heavy (non-hydrogen) atoms. The van der Waals surface area contributed by atoms with Crippen molar-refractivity contribution in [1.29, 1.82) is 0 Å². The Morgan fingerprint density at radius 3 is 1.35 bits per heavy atom. The number of hydrogen-bond donors (Lipinski definition) is 0. The van der Waals surface area contributed by atoms with Gasteiger partial charge in [-0.1, -0.05) is 24.3 Å². The molecule has 0 aliphatic carbocycles. The Morgan fingerprint density at radius 2 is 0.941 bits per heavy atom. The summed E-state index contributed by atoms with van der Waals surface area (Å²) >= 11 is 0. The van der Waals surface area contributed by atoms with Crippen molar-refractivity contribution >= 4 is 44.0 Å². The SMILES string of the molecule is CN(C)c1ccc(-c2nc(-c3ccc(N(C)C)cc3)c3ccc4ncnc5ccc2c3c54)cc1. The number of hydrogen-bond acceptors (Lipinski definition) is 5. The first-order chi connectivity index (χ1) is 16.5. The van der Waals surface area contributed by atoms with Crippen molar-refractivity contribution < 1.29 is 0 Å². The summed E-state index contributed by atoms with van der Waals surface area (Å²) in [4.78, 5) is 18.6. The summed E-state index contributed by atoms with van der Waals surface area (Å²) < 4.78 is 0. The van der Waals surface area contributed by atoms with Crippen molar-refractivity contribution in [3.8, 4) is 22.5 Å². The van der Waals surface area contributed by atoms with E-state index in [0.29, 0.717) is 0 Å². The second-order valence-corrected chi connectivity index (χ2v) is 9.08. The second kappa shape index (κ2) is 7.66. The van der Waals surface area contributed by atoms with Crippen molar-refractivity contribution in [2.45, 2.75) is 0 Å². The Bertz CT molecular complexity index is 1520. The van der Waals surface area contributed by atoms with Crippen molar-refractivity contribution in [3.05, 3.63) is 79.1 Å². The molecule has 0 spiro atoms. The molecule has 6 aromatic rings. The van der Waals surface area contributed by atoms with Gasteiger partial charge in [-0.2, -0.15) is 0 Å². The number of anilines is 2. The van der Waals surface area contributed by atoms with Crippen LogP contribution in [0.25, 0.3) is 55.1 Å². The van der Waals surface area contributed by atoms with Crippen LogP contribution in [-0.2, 0) is 0 Å². The van der Waals surface area contributed by atoms with Crippen molar-refractivity contribution in [2.75, 3.05) is 38.0 Å². The lowest BCUT2D eigenvalue weighted by atomic mass is 9.93. The Labute approximate surface area is 198 Å². The van der Waals surface area contributed by atoms with Gasteiger partial charge in [-0.15, -0.1) is 0 Å². The Morgan fingerprint density at radius 1 is 0.500 bits per heavy atom. The minimum absolute atomic E-state index is 0.956. The molecule has 0 fully saturated rings. The van der Waals surface area contributed by atoms with Crippen molar-refractivity contribution in [2.24, 2.45) is 0 Å². The van der Waals surface area contributed by atoms with Gasteiger partial charge >= 0.3 is 0 Å². The number of aromatic nitrogens is 3. The van der Waals surface area contributed by atoms with Crippen LogP contribution in [0, 0.1) is 0 Å². The predicted octanol–water partition coefficient (Wildman–Crippen LogP) is 6.24. The lowest BCUT2D eigenvalue weighted by Gasteiger charge is -2.18. The van der Waals surface area contributed by atoms with Gasteiger partial charge in [-0.3, -0.25) is 0 Å². The molecule has 4 aromatic carbocycles. The monoisotopic (exact) mass is 443 g/mol. The zero-order valence-corrected chi connectivity index (χ0v) is 19.7. The summed E-state index contributed by atoms with van der Waals surface area (Å²) in [5, 5.41) is 4.50. The van der Waals surface area contributed by atoms with Gasteiger partial charge in [0.25, 0.3) is 0 Å². The first-order valence-electron chi connectivity index (χ1n) is 11.4. The number of benzene rings is 4. The molecule has 0 saturated heterocycles. The maximum absolute atomic E-state index is 5.28. The van der Waals surface area contributed by atoms with Crippen molar-refractivity contribution in [1.82, 2.24) is 15.0 Å². The highest BCUT2D eigenvalue weighted by Gasteiger charge is 2.19. The zero-order valence-electron chi connectivity index (χ0n) is 19.7. The highest BCUT2D eigenvalue weighted by Crippen LogP contribution is 2.41. The van der Waals surface area contributed by atoms with E-state index in [0.717, 1.165) is 61.1 Å². The Balaban J connectivity index is 1.69. The van der Waals surface area contributed by atoms with E-state index in [1.54, 1.807) is 6.33 Å². The van der Waals surface area contributed by atoms with Gasteiger partial charge < -0.3 is 9.80 Å². The van der Waals surface area contributed by atoms with E-state index in [9.17, 15) is 0 Å². The van der Waals surface area contributed by atoms with E-state index >= 15 is 0 Å². The Kier molecular flexibility index (Phi) is 4.59. The van der Waals surface area contributed by atoms with Gasteiger partial charge in [0.05, 0.1) is 22.4 Å². The first kappa shape index (κ1) is 20.4. The molecule has 0 aliphatic heterocycles. The fourth-order valence-corrected chi connectivity index (χ4v) is 4.73. The minimum Gasteiger partial charge on any atom is -0.378 e. The lowest BCUT2D eigenvalue weighted by Crippen LogP contribution is -2.08. The van der Waals surface area contributed by atoms with Crippen molar-refractivity contribution in [3.63, 3.8) is 0 Å². The van der Waals surface area contributed by atoms with Crippen LogP contribution in [0.3, 0.4) is 0 Å². The van der Waals surface area contributed by atoms with Gasteiger partial charge in [0.15, 0.2) is 0 Å². The topological polar surface area (TPSA) is 45.2 Å². The van der Waals surface area contributed by atoms with E-state index in [1.165, 1.54) is 5.39 Å². The predicted molar refractivity (Wildman–Crippen MR) is 143 cm³/mol. The van der Waals surface area contributed by atoms with Gasteiger partial charge in [-0.25, -0.2) is 15.0 Å². The molecule has 0 aliphatic rings. The molecule has 6 rings (SSSR count). The summed E-state index contributed by atoms with van der Waals surface area (Å²) in [7, 11) is 8.22. The molecule has 2 heterocycles. The van der Waals surface area contributed by atoms with Crippen LogP contribution in [0.4, 0.5) is 11.4 Å². The second-order valence-electron chi connectivity index (χ2n) is 9.08. The molecule has 0 amide bonds. The summed E-state index contributed by atoms with van der Waals surface area (Å²) in [6, 6.07) is 25.7. The van der Waals surface area contributed by atoms with Crippen LogP contribution >= 0.6 is 0 Å². The molecule has 0 radical (unpaired) electrons. The van der Waals surface area contributed by atoms with E-state index in [4.69, 9.17) is 4.98 Å². The fraction of sp³-hybridized carbons (Fsp3) is 0.138. The van der Waals surface area contributed by atoms with Gasteiger partial charge in [0.1, 0.15) is 6.33 Å². The maximum atomic E-state index is 5.28. The van der Waals surface area contributed by atoms with E-state index in [1.807, 2.05) is 0 Å². The van der Waals surface area contributed by atoms with E-state index < -0.39 is 0 Å². The highest BCUT2D eigenvalue weighted by molar-refractivity contribution is 6.25. The third-order valence-corrected chi connectivity index (χ3v) is 6.56. The molecular weight excluding hydrogens is 418 g/mol. The molecule has 2 aromatic heterocycles. The molecule has 166 valence electrons. The summed E-state index contributed by atoms with van der Waals surface area (Å²) in [6.45, 7) is 0. The molecule has 0 atom stereocenters. The van der Waals surface area contributed by atoms with Crippen LogP contribution in [0.5, 0.6) is 0 Å². The molecule has 0 unspecified atom stereocenters. The minimum atomic E-state index is 0.956. The fourth-order valence-electron chi connectivity index (χ4n) is 4.73. The molecule has 0 bridgehead atoms. The Hall–Kier alpha value is -4.25. The van der Waals surface area contributed by atoms with E-state index in [2.05, 4.69) is 121 Å². The number of pyridine rings is 1. The largest absolute Gasteiger partial charge is 0.378 e. The molecule has 5 nitrogen and oxygen atoms in total. The van der Waals surface area contributed by atoms with E-state index in [-0.39, 0.29) is 0 Å². The highest BCUT2D eigenvalue weighted by atomic mass is 15.1. The lowest BCUT2D eigenvalue weighted by molar-refractivity contribution is 1.13. The number of rotatable bonds is 4. The third-order valence-electron chi connectivity index (χ3n) is 6.56. The molecule has 5 heteroatoms. The molecule has 0 saturated carbocycles. The standard InChI is InChI=1S/C29H25N5/c1-33(2)20-9-5-18(6-10-20)28-22-13-15-24-27-25(31-17-30-24)16-14-23(26(22)27)29(32-28)19-7-11-21(12-8-19)34(3)4/h5-17H,1-4H3.